The highest BCUT2D eigenvalue weighted by Gasteiger charge is 2.16. The number of aryl methyl sites for hydroxylation is 1. The quantitative estimate of drug-likeness (QED) is 0.715. The van der Waals surface area contributed by atoms with E-state index in [0.717, 1.165) is 0 Å². The Morgan fingerprint density at radius 1 is 1.77 bits per heavy atom. The minimum Gasteiger partial charge on any atom is -0.352 e. The predicted molar refractivity (Wildman–Crippen MR) is 44.8 cm³/mol. The molecule has 1 atom stereocenters. The van der Waals surface area contributed by atoms with Crippen LogP contribution in [0.1, 0.15) is 31.1 Å². The molecule has 0 spiro atoms. The van der Waals surface area contributed by atoms with Crippen LogP contribution in [0.5, 0.6) is 0 Å². The zero-order chi connectivity index (χ0) is 9.84. The summed E-state index contributed by atoms with van der Waals surface area (Å²) in [5.74, 6) is 0.929. The maximum absolute atomic E-state index is 10.6. The third-order valence-corrected chi connectivity index (χ3v) is 1.58. The highest BCUT2D eigenvalue weighted by atomic mass is 16.5. The molecule has 0 saturated carbocycles. The molecule has 0 fully saturated rings. The molecule has 0 radical (unpaired) electrons. The predicted octanol–water partition coefficient (Wildman–Crippen LogP) is 0.497. The van der Waals surface area contributed by atoms with Gasteiger partial charge < -0.3 is 15.6 Å². The second kappa shape index (κ2) is 3.88. The first kappa shape index (κ1) is 9.50. The highest BCUT2D eigenvalue weighted by molar-refractivity contribution is 5.72. The Hall–Kier alpha value is -1.59. The van der Waals surface area contributed by atoms with Crippen LogP contribution in [0.15, 0.2) is 4.52 Å². The van der Waals surface area contributed by atoms with Gasteiger partial charge in [0.15, 0.2) is 5.82 Å². The molecule has 1 aromatic rings. The van der Waals surface area contributed by atoms with E-state index in [1.54, 1.807) is 6.92 Å². The van der Waals surface area contributed by atoms with E-state index in [1.807, 2.05) is 6.92 Å². The Morgan fingerprint density at radius 2 is 2.46 bits per heavy atom. The fraction of sp³-hybridized carbons (Fsp3) is 0.571. The van der Waals surface area contributed by atoms with E-state index in [4.69, 9.17) is 10.3 Å². The zero-order valence-corrected chi connectivity index (χ0v) is 7.57. The van der Waals surface area contributed by atoms with Gasteiger partial charge in [-0.25, -0.2) is 4.79 Å². The van der Waals surface area contributed by atoms with E-state index >= 15 is 0 Å². The number of primary amides is 1. The molecule has 1 unspecified atom stereocenters. The Labute approximate surface area is 75.5 Å². The maximum Gasteiger partial charge on any atom is 0.312 e. The lowest BCUT2D eigenvalue weighted by atomic mass is 10.2. The summed E-state index contributed by atoms with van der Waals surface area (Å²) in [7, 11) is 0. The monoisotopic (exact) mass is 184 g/mol. The van der Waals surface area contributed by atoms with Crippen molar-refractivity contribution in [2.24, 2.45) is 5.73 Å². The summed E-state index contributed by atoms with van der Waals surface area (Å²) < 4.78 is 4.78. The largest absolute Gasteiger partial charge is 0.352 e. The highest BCUT2D eigenvalue weighted by Crippen LogP contribution is 2.11. The molecule has 1 heterocycles. The van der Waals surface area contributed by atoms with E-state index in [9.17, 15) is 4.79 Å². The summed E-state index contributed by atoms with van der Waals surface area (Å²) in [5.41, 5.74) is 4.98. The van der Waals surface area contributed by atoms with Crippen LogP contribution in [0.25, 0.3) is 0 Å². The van der Waals surface area contributed by atoms with Gasteiger partial charge in [-0.05, 0) is 6.42 Å². The first-order chi connectivity index (χ1) is 6.13. The summed E-state index contributed by atoms with van der Waals surface area (Å²) in [6.45, 7) is 3.58. The molecule has 0 aromatic carbocycles. The van der Waals surface area contributed by atoms with Crippen molar-refractivity contribution in [1.29, 1.82) is 0 Å². The van der Waals surface area contributed by atoms with Crippen molar-refractivity contribution < 1.29 is 9.32 Å². The molecule has 0 aliphatic carbocycles. The summed E-state index contributed by atoms with van der Waals surface area (Å²) in [4.78, 5) is 14.6. The van der Waals surface area contributed by atoms with Crippen LogP contribution in [0.3, 0.4) is 0 Å². The van der Waals surface area contributed by atoms with Crippen LogP contribution in [0, 0.1) is 6.92 Å². The molecule has 6 nitrogen and oxygen atoms in total. The van der Waals surface area contributed by atoms with Crippen LogP contribution in [0.2, 0.25) is 0 Å². The third-order valence-electron chi connectivity index (χ3n) is 1.58. The van der Waals surface area contributed by atoms with Gasteiger partial charge in [-0.1, -0.05) is 12.1 Å². The maximum atomic E-state index is 10.6. The van der Waals surface area contributed by atoms with Gasteiger partial charge in [0, 0.05) is 6.92 Å². The van der Waals surface area contributed by atoms with Crippen molar-refractivity contribution in [3.63, 3.8) is 0 Å². The Balaban J connectivity index is 2.72. The number of carbonyl (C=O) groups is 1. The van der Waals surface area contributed by atoms with Crippen LogP contribution >= 0.6 is 0 Å². The summed E-state index contributed by atoms with van der Waals surface area (Å²) in [6.07, 6.45) is 0.669. The van der Waals surface area contributed by atoms with Crippen LogP contribution in [-0.4, -0.2) is 16.2 Å². The van der Waals surface area contributed by atoms with Gasteiger partial charge in [0.25, 0.3) is 0 Å². The molecule has 72 valence electrons. The standard InChI is InChI=1S/C7H12N4O2/c1-3-5(10-7(8)12)6-9-4(2)13-11-6/h5H,3H2,1-2H3,(H3,8,10,12). The number of rotatable bonds is 3. The third kappa shape index (κ3) is 2.43. The van der Waals surface area contributed by atoms with Gasteiger partial charge in [-0.3, -0.25) is 0 Å². The van der Waals surface area contributed by atoms with Gasteiger partial charge in [-0.15, -0.1) is 0 Å². The van der Waals surface area contributed by atoms with Crippen molar-refractivity contribution >= 4 is 6.03 Å². The molecular weight excluding hydrogens is 172 g/mol. The number of carbonyl (C=O) groups excluding carboxylic acids is 1. The van der Waals surface area contributed by atoms with E-state index in [1.165, 1.54) is 0 Å². The minimum absolute atomic E-state index is 0.269. The fourth-order valence-electron chi connectivity index (χ4n) is 0.977. The number of nitrogens with two attached hydrogens (primary N) is 1. The second-order valence-corrected chi connectivity index (χ2v) is 2.64. The average molecular weight is 184 g/mol. The normalized spacial score (nSPS) is 12.5. The molecule has 3 N–H and O–H groups in total. The summed E-state index contributed by atoms with van der Waals surface area (Å²) >= 11 is 0. The van der Waals surface area contributed by atoms with E-state index in [-0.39, 0.29) is 6.04 Å². The van der Waals surface area contributed by atoms with E-state index in [2.05, 4.69) is 15.5 Å². The molecule has 0 bridgehead atoms. The number of aromatic nitrogens is 2. The molecule has 0 aliphatic heterocycles. The van der Waals surface area contributed by atoms with Crippen LogP contribution < -0.4 is 11.1 Å². The Morgan fingerprint density at radius 3 is 2.85 bits per heavy atom. The van der Waals surface area contributed by atoms with Crippen LogP contribution in [-0.2, 0) is 0 Å². The van der Waals surface area contributed by atoms with E-state index in [0.29, 0.717) is 18.1 Å². The molecule has 0 aliphatic rings. The summed E-state index contributed by atoms with van der Waals surface area (Å²) in [6, 6.07) is -0.857. The molecule has 0 saturated heterocycles. The number of amides is 2. The van der Waals surface area contributed by atoms with Gasteiger partial charge >= 0.3 is 6.03 Å². The van der Waals surface area contributed by atoms with E-state index < -0.39 is 6.03 Å². The molecule has 1 aromatic heterocycles. The summed E-state index contributed by atoms with van der Waals surface area (Å²) in [5, 5.41) is 6.20. The Kier molecular flexibility index (Phi) is 2.84. The number of urea groups is 1. The first-order valence-corrected chi connectivity index (χ1v) is 3.99. The number of hydrogen-bond acceptors (Lipinski definition) is 4. The smallest absolute Gasteiger partial charge is 0.312 e. The van der Waals surface area contributed by atoms with Crippen molar-refractivity contribution in [2.45, 2.75) is 26.3 Å². The van der Waals surface area contributed by atoms with Gasteiger partial charge in [0.1, 0.15) is 0 Å². The van der Waals surface area contributed by atoms with Crippen molar-refractivity contribution in [2.75, 3.05) is 0 Å². The topological polar surface area (TPSA) is 94.0 Å². The molecule has 6 heteroatoms. The van der Waals surface area contributed by atoms with Crippen LogP contribution in [0.4, 0.5) is 4.79 Å². The molecule has 2 amide bonds. The lowest BCUT2D eigenvalue weighted by Gasteiger charge is -2.09. The lowest BCUT2D eigenvalue weighted by molar-refractivity contribution is 0.244. The molecule has 1 rings (SSSR count). The van der Waals surface area contributed by atoms with Crippen molar-refractivity contribution in [3.8, 4) is 0 Å². The Bertz CT molecular complexity index is 296. The minimum atomic E-state index is -0.589. The zero-order valence-electron chi connectivity index (χ0n) is 7.57. The van der Waals surface area contributed by atoms with Gasteiger partial charge in [0.05, 0.1) is 6.04 Å². The second-order valence-electron chi connectivity index (χ2n) is 2.64. The lowest BCUT2D eigenvalue weighted by Crippen LogP contribution is -2.33. The fourth-order valence-corrected chi connectivity index (χ4v) is 0.977. The number of nitrogens with zero attached hydrogens (tertiary/aromatic N) is 2. The SMILES string of the molecule is CCC(NC(N)=O)c1noc(C)n1. The van der Waals surface area contributed by atoms with Crippen molar-refractivity contribution in [1.82, 2.24) is 15.5 Å². The first-order valence-electron chi connectivity index (χ1n) is 3.99. The molecular formula is C7H12N4O2. The van der Waals surface area contributed by atoms with Gasteiger partial charge in [-0.2, -0.15) is 4.98 Å². The average Bonchev–Trinajstić information content (AvgIpc) is 2.47. The van der Waals surface area contributed by atoms with Crippen molar-refractivity contribution in [3.05, 3.63) is 11.7 Å². The molecule has 13 heavy (non-hydrogen) atoms. The number of nitrogens with one attached hydrogen (secondary N) is 1. The van der Waals surface area contributed by atoms with Gasteiger partial charge in [0.2, 0.25) is 5.89 Å². The number of hydrogen-bond donors (Lipinski definition) is 2.